The number of unbranched alkanes of at least 4 members (excludes halogenated alkanes) is 3. The maximum atomic E-state index is 5.30. The molecule has 0 aromatic carbocycles. The fourth-order valence-electron chi connectivity index (χ4n) is 0.945. The Kier molecular flexibility index (Phi) is 11.8. The van der Waals surface area contributed by atoms with Gasteiger partial charge in [-0.1, -0.05) is 33.1 Å². The van der Waals surface area contributed by atoms with Crippen molar-refractivity contribution in [3.63, 3.8) is 0 Å². The molecule has 0 rings (SSSR count). The van der Waals surface area contributed by atoms with Gasteiger partial charge in [0.1, 0.15) is 6.61 Å². The summed E-state index contributed by atoms with van der Waals surface area (Å²) in [5, 5.41) is 0. The van der Waals surface area contributed by atoms with Gasteiger partial charge in [0.15, 0.2) is 0 Å². The molecule has 0 saturated heterocycles. The van der Waals surface area contributed by atoms with Crippen molar-refractivity contribution in [2.75, 3.05) is 19.8 Å². The Hall–Kier alpha value is -0.0800. The van der Waals surface area contributed by atoms with Crippen LogP contribution in [0.2, 0.25) is 0 Å². The molecule has 13 heavy (non-hydrogen) atoms. The van der Waals surface area contributed by atoms with Gasteiger partial charge in [0.2, 0.25) is 0 Å². The van der Waals surface area contributed by atoms with Gasteiger partial charge in [0, 0.05) is 13.2 Å². The molecule has 79 valence electrons. The highest BCUT2D eigenvalue weighted by Crippen LogP contribution is 1.96. The lowest BCUT2D eigenvalue weighted by Gasteiger charge is -2.03. The number of rotatable bonds is 10. The van der Waals surface area contributed by atoms with E-state index in [0.717, 1.165) is 26.1 Å². The lowest BCUT2D eigenvalue weighted by molar-refractivity contribution is 0.0874. The highest BCUT2D eigenvalue weighted by molar-refractivity contribution is 4.48. The first-order chi connectivity index (χ1) is 6.41. The van der Waals surface area contributed by atoms with Gasteiger partial charge in [-0.2, -0.15) is 0 Å². The first kappa shape index (κ1) is 12.9. The second-order valence-electron chi connectivity index (χ2n) is 3.17. The van der Waals surface area contributed by atoms with Gasteiger partial charge in [-0.05, 0) is 12.8 Å². The molecule has 0 aromatic rings. The molecule has 0 aliphatic carbocycles. The van der Waals surface area contributed by atoms with E-state index in [2.05, 4.69) is 13.8 Å². The van der Waals surface area contributed by atoms with Crippen molar-refractivity contribution >= 4 is 0 Å². The van der Waals surface area contributed by atoms with Crippen LogP contribution in [-0.4, -0.2) is 19.8 Å². The highest BCUT2D eigenvalue weighted by Gasteiger charge is 1.90. The Bertz CT molecular complexity index is 74.2. The van der Waals surface area contributed by atoms with Crippen molar-refractivity contribution in [3.05, 3.63) is 6.61 Å². The maximum absolute atomic E-state index is 5.30. The summed E-state index contributed by atoms with van der Waals surface area (Å²) in [5.41, 5.74) is 0. The van der Waals surface area contributed by atoms with Crippen LogP contribution in [-0.2, 0) is 9.47 Å². The molecule has 0 saturated carbocycles. The van der Waals surface area contributed by atoms with Gasteiger partial charge in [0.05, 0.1) is 6.61 Å². The molecule has 0 spiro atoms. The minimum absolute atomic E-state index is 0.631. The largest absolute Gasteiger partial charge is 0.379 e. The number of ether oxygens (including phenoxy) is 2. The lowest BCUT2D eigenvalue weighted by Crippen LogP contribution is -2.01. The van der Waals surface area contributed by atoms with Crippen LogP contribution in [0.4, 0.5) is 0 Å². The fourth-order valence-corrected chi connectivity index (χ4v) is 0.945. The number of hydrogen-bond donors (Lipinski definition) is 0. The van der Waals surface area contributed by atoms with E-state index in [-0.39, 0.29) is 0 Å². The molecule has 2 nitrogen and oxygen atoms in total. The van der Waals surface area contributed by atoms with Gasteiger partial charge < -0.3 is 9.47 Å². The second-order valence-corrected chi connectivity index (χ2v) is 3.17. The van der Waals surface area contributed by atoms with Gasteiger partial charge in [-0.3, -0.25) is 0 Å². The van der Waals surface area contributed by atoms with Gasteiger partial charge >= 0.3 is 0 Å². The molecule has 0 fully saturated rings. The van der Waals surface area contributed by atoms with Gasteiger partial charge in [-0.15, -0.1) is 0 Å². The third kappa shape index (κ3) is 11.9. The van der Waals surface area contributed by atoms with E-state index < -0.39 is 0 Å². The van der Waals surface area contributed by atoms with Crippen LogP contribution in [0.25, 0.3) is 0 Å². The predicted octanol–water partition coefficient (Wildman–Crippen LogP) is 3.17. The average Bonchev–Trinajstić information content (AvgIpc) is 2.16. The van der Waals surface area contributed by atoms with Crippen LogP contribution in [0.3, 0.4) is 0 Å². The lowest BCUT2D eigenvalue weighted by atomic mass is 10.3. The topological polar surface area (TPSA) is 18.5 Å². The van der Waals surface area contributed by atoms with Crippen LogP contribution >= 0.6 is 0 Å². The summed E-state index contributed by atoms with van der Waals surface area (Å²) in [6, 6.07) is 0. The smallest absolute Gasteiger partial charge is 0.109 e. The molecule has 0 aliphatic heterocycles. The zero-order valence-electron chi connectivity index (χ0n) is 9.05. The summed E-state index contributed by atoms with van der Waals surface area (Å²) in [4.78, 5) is 0. The summed E-state index contributed by atoms with van der Waals surface area (Å²) < 4.78 is 10.6. The minimum atomic E-state index is 0.631. The zero-order valence-corrected chi connectivity index (χ0v) is 9.05. The first-order valence-corrected chi connectivity index (χ1v) is 5.42. The van der Waals surface area contributed by atoms with Crippen molar-refractivity contribution in [1.29, 1.82) is 0 Å². The van der Waals surface area contributed by atoms with E-state index in [4.69, 9.17) is 9.47 Å². The molecule has 0 unspecified atom stereocenters. The van der Waals surface area contributed by atoms with Crippen molar-refractivity contribution in [3.8, 4) is 0 Å². The van der Waals surface area contributed by atoms with E-state index >= 15 is 0 Å². The molecule has 1 radical (unpaired) electrons. The summed E-state index contributed by atoms with van der Waals surface area (Å²) in [6.07, 6.45) is 5.99. The highest BCUT2D eigenvalue weighted by atomic mass is 16.5. The van der Waals surface area contributed by atoms with E-state index in [1.165, 1.54) is 19.3 Å². The van der Waals surface area contributed by atoms with Crippen LogP contribution < -0.4 is 0 Å². The van der Waals surface area contributed by atoms with Crippen LogP contribution in [0.15, 0.2) is 0 Å². The van der Waals surface area contributed by atoms with E-state index in [1.54, 1.807) is 6.61 Å². The Balaban J connectivity index is 2.76. The Labute approximate surface area is 82.6 Å². The molecular weight excluding hydrogens is 164 g/mol. The summed E-state index contributed by atoms with van der Waals surface area (Å²) in [6.45, 7) is 8.44. The Morgan fingerprint density at radius 3 is 2.38 bits per heavy atom. The number of hydrogen-bond acceptors (Lipinski definition) is 2. The first-order valence-electron chi connectivity index (χ1n) is 5.42. The third-order valence-corrected chi connectivity index (χ3v) is 1.81. The minimum Gasteiger partial charge on any atom is -0.379 e. The Morgan fingerprint density at radius 2 is 1.69 bits per heavy atom. The molecule has 2 heteroatoms. The summed E-state index contributed by atoms with van der Waals surface area (Å²) in [5.74, 6) is 0. The summed E-state index contributed by atoms with van der Waals surface area (Å²) >= 11 is 0. The zero-order chi connectivity index (χ0) is 9.78. The van der Waals surface area contributed by atoms with Crippen molar-refractivity contribution in [2.45, 2.75) is 46.0 Å². The molecule has 0 aromatic heterocycles. The van der Waals surface area contributed by atoms with Crippen molar-refractivity contribution in [2.24, 2.45) is 0 Å². The van der Waals surface area contributed by atoms with E-state index in [1.807, 2.05) is 0 Å². The maximum Gasteiger partial charge on any atom is 0.109 e. The molecular formula is C11H23O2. The van der Waals surface area contributed by atoms with Crippen LogP contribution in [0, 0.1) is 6.61 Å². The van der Waals surface area contributed by atoms with Crippen LogP contribution in [0.5, 0.6) is 0 Å². The Morgan fingerprint density at radius 1 is 0.923 bits per heavy atom. The SMILES string of the molecule is CCCCCO[CH]COCCCC. The molecule has 0 atom stereocenters. The fraction of sp³-hybridized carbons (Fsp3) is 0.909. The normalized spacial score (nSPS) is 10.6. The van der Waals surface area contributed by atoms with Crippen molar-refractivity contribution in [1.82, 2.24) is 0 Å². The van der Waals surface area contributed by atoms with E-state index in [9.17, 15) is 0 Å². The average molecular weight is 187 g/mol. The predicted molar refractivity (Wildman–Crippen MR) is 55.5 cm³/mol. The molecule has 0 amide bonds. The second kappa shape index (κ2) is 11.9. The van der Waals surface area contributed by atoms with Gasteiger partial charge in [-0.25, -0.2) is 0 Å². The standard InChI is InChI=1S/C11H23O2/c1-3-5-7-9-13-11-10-12-8-6-4-2/h11H,3-10H2,1-2H3. The monoisotopic (exact) mass is 187 g/mol. The van der Waals surface area contributed by atoms with Crippen LogP contribution in [0.1, 0.15) is 46.0 Å². The van der Waals surface area contributed by atoms with E-state index in [0.29, 0.717) is 6.61 Å². The molecule has 0 heterocycles. The molecule has 0 N–H and O–H groups in total. The van der Waals surface area contributed by atoms with Crippen molar-refractivity contribution < 1.29 is 9.47 Å². The quantitative estimate of drug-likeness (QED) is 0.489. The molecule has 0 aliphatic rings. The summed E-state index contributed by atoms with van der Waals surface area (Å²) in [7, 11) is 0. The third-order valence-electron chi connectivity index (χ3n) is 1.81. The molecule has 0 bridgehead atoms. The van der Waals surface area contributed by atoms with Gasteiger partial charge in [0.25, 0.3) is 0 Å².